The maximum absolute atomic E-state index is 11.3. The summed E-state index contributed by atoms with van der Waals surface area (Å²) in [6.45, 7) is 1.50. The van der Waals surface area contributed by atoms with Crippen molar-refractivity contribution >= 4 is 17.6 Å². The van der Waals surface area contributed by atoms with Gasteiger partial charge in [0, 0.05) is 23.4 Å². The Morgan fingerprint density at radius 1 is 1.19 bits per heavy atom. The van der Waals surface area contributed by atoms with Crippen LogP contribution in [0.25, 0.3) is 11.3 Å². The van der Waals surface area contributed by atoms with Crippen molar-refractivity contribution in [2.45, 2.75) is 19.1 Å². The summed E-state index contributed by atoms with van der Waals surface area (Å²) >= 11 is 0. The van der Waals surface area contributed by atoms with Gasteiger partial charge in [0.2, 0.25) is 5.91 Å². The molecule has 0 spiro atoms. The van der Waals surface area contributed by atoms with Gasteiger partial charge in [-0.3, -0.25) is 4.79 Å². The number of carboxylic acids is 1. The van der Waals surface area contributed by atoms with Gasteiger partial charge in [0.1, 0.15) is 5.69 Å². The molecule has 0 aliphatic carbocycles. The number of aromatic nitrogens is 3. The Kier molecular flexibility index (Phi) is 6.23. The molecule has 4 N–H and O–H groups in total. The monoisotopic (exact) mass is 433 g/mol. The molecule has 0 atom stereocenters. The molecule has 1 aliphatic heterocycles. The van der Waals surface area contributed by atoms with E-state index < -0.39 is 18.1 Å². The summed E-state index contributed by atoms with van der Waals surface area (Å²) in [7, 11) is 0. The number of primary amides is 1. The molecule has 0 fully saturated rings. The highest BCUT2D eigenvalue weighted by molar-refractivity contribution is 5.92. The second-order valence-corrected chi connectivity index (χ2v) is 6.69. The summed E-state index contributed by atoms with van der Waals surface area (Å²) < 4.78 is 33.5. The van der Waals surface area contributed by atoms with E-state index in [-0.39, 0.29) is 0 Å². The van der Waals surface area contributed by atoms with E-state index in [4.69, 9.17) is 15.6 Å². The number of fused-ring (bicyclic) bond motifs is 1. The van der Waals surface area contributed by atoms with Crippen LogP contribution in [0.3, 0.4) is 0 Å². The van der Waals surface area contributed by atoms with Gasteiger partial charge in [0.15, 0.2) is 0 Å². The molecule has 2 aromatic carbocycles. The highest BCUT2D eigenvalue weighted by Gasteiger charge is 2.38. The number of anilines is 1. The van der Waals surface area contributed by atoms with Crippen molar-refractivity contribution in [2.75, 3.05) is 11.9 Å². The fourth-order valence-corrected chi connectivity index (χ4v) is 3.06. The van der Waals surface area contributed by atoms with Crippen molar-refractivity contribution in [3.05, 3.63) is 65.4 Å². The van der Waals surface area contributed by atoms with Crippen LogP contribution in [0.1, 0.15) is 21.5 Å². The average molecular weight is 433 g/mol. The van der Waals surface area contributed by atoms with Crippen molar-refractivity contribution in [1.29, 1.82) is 0 Å². The minimum Gasteiger partial charge on any atom is -0.475 e. The molecule has 2 heterocycles. The molecule has 0 unspecified atom stereocenters. The number of halogens is 3. The highest BCUT2D eigenvalue weighted by atomic mass is 19.4. The molecule has 31 heavy (non-hydrogen) atoms. The van der Waals surface area contributed by atoms with Crippen LogP contribution in [0.5, 0.6) is 0 Å². The lowest BCUT2D eigenvalue weighted by Gasteiger charge is -2.05. The summed E-state index contributed by atoms with van der Waals surface area (Å²) in [6, 6.07) is 13.5. The smallest absolute Gasteiger partial charge is 0.475 e. The Morgan fingerprint density at radius 3 is 2.58 bits per heavy atom. The number of carbonyl (C=O) groups is 2. The first-order chi connectivity index (χ1) is 14.6. The van der Waals surface area contributed by atoms with Crippen LogP contribution in [0.15, 0.2) is 48.7 Å². The number of alkyl halides is 3. The number of amides is 1. The van der Waals surface area contributed by atoms with Gasteiger partial charge in [-0.25, -0.2) is 9.48 Å². The van der Waals surface area contributed by atoms with E-state index in [2.05, 4.69) is 33.8 Å². The maximum atomic E-state index is 11.3. The summed E-state index contributed by atoms with van der Waals surface area (Å²) in [6.07, 6.45) is -2.12. The number of nitrogens with two attached hydrogens (primary N) is 1. The quantitative estimate of drug-likeness (QED) is 0.581. The number of carbonyl (C=O) groups excluding carboxylic acids is 1. The van der Waals surface area contributed by atoms with Gasteiger partial charge in [0.05, 0.1) is 12.7 Å². The van der Waals surface area contributed by atoms with Crippen molar-refractivity contribution < 1.29 is 27.9 Å². The van der Waals surface area contributed by atoms with Crippen LogP contribution in [-0.2, 0) is 17.8 Å². The van der Waals surface area contributed by atoms with E-state index in [1.165, 1.54) is 5.56 Å². The summed E-state index contributed by atoms with van der Waals surface area (Å²) in [4.78, 5) is 20.2. The molecule has 0 radical (unpaired) electrons. The zero-order valence-corrected chi connectivity index (χ0v) is 16.1. The highest BCUT2D eigenvalue weighted by Crippen LogP contribution is 2.33. The number of nitrogens with one attached hydrogen (secondary N) is 1. The predicted molar refractivity (Wildman–Crippen MR) is 105 cm³/mol. The van der Waals surface area contributed by atoms with Crippen LogP contribution in [0.4, 0.5) is 18.9 Å². The Balaban J connectivity index is 0.000000339. The zero-order valence-electron chi connectivity index (χ0n) is 16.1. The fraction of sp³-hybridized carbons (Fsp3) is 0.200. The molecule has 3 aromatic rings. The second kappa shape index (κ2) is 8.86. The summed E-state index contributed by atoms with van der Waals surface area (Å²) in [5.74, 6) is -3.19. The molecular weight excluding hydrogens is 415 g/mol. The molecule has 4 rings (SSSR count). The van der Waals surface area contributed by atoms with E-state index >= 15 is 0 Å². The van der Waals surface area contributed by atoms with E-state index in [1.807, 2.05) is 18.3 Å². The van der Waals surface area contributed by atoms with Crippen LogP contribution in [-0.4, -0.2) is 44.7 Å². The van der Waals surface area contributed by atoms with Crippen LogP contribution < -0.4 is 11.1 Å². The van der Waals surface area contributed by atoms with Gasteiger partial charge in [-0.1, -0.05) is 35.5 Å². The van der Waals surface area contributed by atoms with E-state index in [0.717, 1.165) is 35.5 Å². The number of hydrogen-bond donors (Lipinski definition) is 3. The van der Waals surface area contributed by atoms with Crippen molar-refractivity contribution in [2.24, 2.45) is 5.73 Å². The van der Waals surface area contributed by atoms with Crippen molar-refractivity contribution in [1.82, 2.24) is 15.0 Å². The molecule has 162 valence electrons. The Hall–Kier alpha value is -3.89. The Bertz CT molecular complexity index is 1110. The van der Waals surface area contributed by atoms with Crippen LogP contribution in [0, 0.1) is 0 Å². The normalized spacial score (nSPS) is 12.4. The number of rotatable bonds is 4. The third kappa shape index (κ3) is 5.38. The molecule has 0 bridgehead atoms. The third-order valence-corrected chi connectivity index (χ3v) is 4.46. The van der Waals surface area contributed by atoms with Crippen molar-refractivity contribution in [3.8, 4) is 11.3 Å². The van der Waals surface area contributed by atoms with E-state index in [0.29, 0.717) is 12.1 Å². The summed E-state index contributed by atoms with van der Waals surface area (Å²) in [5, 5.41) is 19.1. The Morgan fingerprint density at radius 2 is 1.90 bits per heavy atom. The van der Waals surface area contributed by atoms with Crippen LogP contribution in [0.2, 0.25) is 0 Å². The van der Waals surface area contributed by atoms with Gasteiger partial charge in [-0.05, 0) is 29.7 Å². The molecule has 1 aliphatic rings. The Labute approximate surface area is 174 Å². The average Bonchev–Trinajstić information content (AvgIpc) is 3.37. The SMILES string of the molecule is NC(=O)c1cccc(Cn2cc(-c3cccc4c3NCC4)nn2)c1.O=C(O)C(F)(F)F. The number of nitrogens with zero attached hydrogens (tertiary/aromatic N) is 3. The largest absolute Gasteiger partial charge is 0.490 e. The molecule has 1 amide bonds. The van der Waals surface area contributed by atoms with Crippen LogP contribution >= 0.6 is 0 Å². The lowest BCUT2D eigenvalue weighted by molar-refractivity contribution is -0.192. The van der Waals surface area contributed by atoms with Gasteiger partial charge in [-0.15, -0.1) is 5.10 Å². The van der Waals surface area contributed by atoms with E-state index in [1.54, 1.807) is 16.8 Å². The zero-order chi connectivity index (χ0) is 22.6. The third-order valence-electron chi connectivity index (χ3n) is 4.46. The first kappa shape index (κ1) is 21.8. The molecule has 1 aromatic heterocycles. The van der Waals surface area contributed by atoms with Gasteiger partial charge >= 0.3 is 12.1 Å². The van der Waals surface area contributed by atoms with Gasteiger partial charge < -0.3 is 16.2 Å². The number of para-hydroxylation sites is 1. The second-order valence-electron chi connectivity index (χ2n) is 6.69. The lowest BCUT2D eigenvalue weighted by atomic mass is 10.1. The van der Waals surface area contributed by atoms with Gasteiger partial charge in [-0.2, -0.15) is 13.2 Å². The molecule has 0 saturated heterocycles. The number of benzene rings is 2. The summed E-state index contributed by atoms with van der Waals surface area (Å²) in [5.41, 5.74) is 11.2. The maximum Gasteiger partial charge on any atom is 0.490 e. The number of carboxylic acid groups (broad SMARTS) is 1. The molecule has 11 heteroatoms. The standard InChI is InChI=1S/C18H17N5O.C2HF3O2/c19-18(24)14-5-1-3-12(9-14)10-23-11-16(21-22-23)15-6-2-4-13-7-8-20-17(13)15;3-2(4,5)1(6)7/h1-6,9,11,20H,7-8,10H2,(H2,19,24);(H,6,7). The number of aliphatic carboxylic acids is 1. The topological polar surface area (TPSA) is 123 Å². The molecule has 8 nitrogen and oxygen atoms in total. The minimum absolute atomic E-state index is 0.429. The lowest BCUT2D eigenvalue weighted by Crippen LogP contribution is -2.21. The minimum atomic E-state index is -5.08. The van der Waals surface area contributed by atoms with Crippen molar-refractivity contribution in [3.63, 3.8) is 0 Å². The van der Waals surface area contributed by atoms with E-state index in [9.17, 15) is 18.0 Å². The predicted octanol–water partition coefficient (Wildman–Crippen LogP) is 2.69. The molecular formula is C20H18F3N5O3. The van der Waals surface area contributed by atoms with Gasteiger partial charge in [0.25, 0.3) is 0 Å². The number of hydrogen-bond acceptors (Lipinski definition) is 5. The fourth-order valence-electron chi connectivity index (χ4n) is 3.06. The first-order valence-corrected chi connectivity index (χ1v) is 9.10. The first-order valence-electron chi connectivity index (χ1n) is 9.10. The molecule has 0 saturated carbocycles.